The van der Waals surface area contributed by atoms with Crippen LogP contribution in [0.15, 0.2) is 18.6 Å². The van der Waals surface area contributed by atoms with Gasteiger partial charge in [0.05, 0.1) is 5.69 Å². The highest BCUT2D eigenvalue weighted by Crippen LogP contribution is 2.06. The fraction of sp³-hybridized carbons (Fsp3) is 0.300. The number of hydrogen-bond donors (Lipinski definition) is 4. The summed E-state index contributed by atoms with van der Waals surface area (Å²) in [5.74, 6) is 0.258. The number of aromatic amines is 2. The number of aryl methyl sites for hydroxylation is 1. The van der Waals surface area contributed by atoms with Gasteiger partial charge >= 0.3 is 5.97 Å². The number of carboxylic acid groups (broad SMARTS) is 1. The van der Waals surface area contributed by atoms with Gasteiger partial charge in [0.2, 0.25) is 5.95 Å². The highest BCUT2D eigenvalue weighted by molar-refractivity contribution is 5.76. The molecule has 0 unspecified atom stereocenters. The SMILES string of the molecule is Cc1nc(C[C@H](Nc2ncc[nH]2)C(=O)O)c[nH]1. The Kier molecular flexibility index (Phi) is 3.08. The van der Waals surface area contributed by atoms with Crippen LogP contribution >= 0.6 is 0 Å². The van der Waals surface area contributed by atoms with E-state index in [0.29, 0.717) is 18.1 Å². The zero-order valence-corrected chi connectivity index (χ0v) is 9.27. The summed E-state index contributed by atoms with van der Waals surface area (Å²) in [5.41, 5.74) is 0.703. The fourth-order valence-corrected chi connectivity index (χ4v) is 1.49. The van der Waals surface area contributed by atoms with Crippen LogP contribution in [0.4, 0.5) is 5.95 Å². The monoisotopic (exact) mass is 235 g/mol. The molecule has 2 aromatic rings. The second-order valence-electron chi connectivity index (χ2n) is 3.65. The van der Waals surface area contributed by atoms with Gasteiger partial charge in [0.15, 0.2) is 0 Å². The van der Waals surface area contributed by atoms with Crippen LogP contribution in [0.2, 0.25) is 0 Å². The van der Waals surface area contributed by atoms with Gasteiger partial charge in [0.1, 0.15) is 11.9 Å². The van der Waals surface area contributed by atoms with Gasteiger partial charge < -0.3 is 20.4 Å². The van der Waals surface area contributed by atoms with E-state index in [-0.39, 0.29) is 0 Å². The number of anilines is 1. The van der Waals surface area contributed by atoms with Crippen LogP contribution in [0.3, 0.4) is 0 Å². The zero-order chi connectivity index (χ0) is 12.3. The number of nitrogens with one attached hydrogen (secondary N) is 3. The van der Waals surface area contributed by atoms with E-state index in [2.05, 4.69) is 25.3 Å². The standard InChI is InChI=1S/C10H13N5O2/c1-6-13-5-7(14-6)4-8(9(16)17)15-10-11-2-3-12-10/h2-3,5,8H,4H2,1H3,(H,13,14)(H,16,17)(H2,11,12,15)/t8-/m0/s1. The molecule has 0 amide bonds. The lowest BCUT2D eigenvalue weighted by atomic mass is 10.2. The Morgan fingerprint density at radius 3 is 2.94 bits per heavy atom. The number of rotatable bonds is 5. The smallest absolute Gasteiger partial charge is 0.326 e. The summed E-state index contributed by atoms with van der Waals surface area (Å²) in [5, 5.41) is 11.9. The Hall–Kier alpha value is -2.31. The average Bonchev–Trinajstić information content (AvgIpc) is 2.89. The van der Waals surface area contributed by atoms with Crippen LogP contribution < -0.4 is 5.32 Å². The molecule has 0 spiro atoms. The maximum Gasteiger partial charge on any atom is 0.326 e. The minimum atomic E-state index is -0.943. The molecule has 2 heterocycles. The molecule has 0 aliphatic carbocycles. The van der Waals surface area contributed by atoms with Crippen LogP contribution in [-0.4, -0.2) is 37.1 Å². The number of nitrogens with zero attached hydrogens (tertiary/aromatic N) is 2. The van der Waals surface area contributed by atoms with Crippen molar-refractivity contribution in [3.05, 3.63) is 30.1 Å². The van der Waals surface area contributed by atoms with Crippen molar-refractivity contribution in [2.75, 3.05) is 5.32 Å². The highest BCUT2D eigenvalue weighted by Gasteiger charge is 2.19. The molecule has 0 aliphatic heterocycles. The van der Waals surface area contributed by atoms with E-state index < -0.39 is 12.0 Å². The van der Waals surface area contributed by atoms with Gasteiger partial charge in [-0.05, 0) is 6.92 Å². The van der Waals surface area contributed by atoms with Gasteiger partial charge in [0, 0.05) is 25.0 Å². The molecule has 17 heavy (non-hydrogen) atoms. The van der Waals surface area contributed by atoms with Gasteiger partial charge in [-0.25, -0.2) is 14.8 Å². The maximum absolute atomic E-state index is 11.1. The van der Waals surface area contributed by atoms with Crippen LogP contribution in [-0.2, 0) is 11.2 Å². The first-order chi connectivity index (χ1) is 8.15. The van der Waals surface area contributed by atoms with Gasteiger partial charge in [-0.1, -0.05) is 0 Å². The van der Waals surface area contributed by atoms with Crippen LogP contribution in [0.1, 0.15) is 11.5 Å². The minimum absolute atomic E-state index is 0.292. The van der Waals surface area contributed by atoms with Gasteiger partial charge in [0.25, 0.3) is 0 Å². The van der Waals surface area contributed by atoms with Crippen LogP contribution in [0.25, 0.3) is 0 Å². The molecule has 0 saturated heterocycles. The van der Waals surface area contributed by atoms with E-state index >= 15 is 0 Å². The van der Waals surface area contributed by atoms with Crippen molar-refractivity contribution < 1.29 is 9.90 Å². The van der Waals surface area contributed by atoms with E-state index in [0.717, 1.165) is 5.82 Å². The van der Waals surface area contributed by atoms with Crippen molar-refractivity contribution >= 4 is 11.9 Å². The molecule has 7 heteroatoms. The lowest BCUT2D eigenvalue weighted by molar-refractivity contribution is -0.137. The Bertz CT molecular complexity index is 491. The Labute approximate surface area is 97.3 Å². The molecule has 0 bridgehead atoms. The quantitative estimate of drug-likeness (QED) is 0.605. The molecule has 0 saturated carbocycles. The summed E-state index contributed by atoms with van der Waals surface area (Å²) in [6.45, 7) is 1.82. The number of imidazole rings is 2. The van der Waals surface area contributed by atoms with Crippen molar-refractivity contribution in [3.8, 4) is 0 Å². The van der Waals surface area contributed by atoms with Gasteiger partial charge in [-0.2, -0.15) is 0 Å². The van der Waals surface area contributed by atoms with Crippen LogP contribution in [0.5, 0.6) is 0 Å². The summed E-state index contributed by atoms with van der Waals surface area (Å²) < 4.78 is 0. The molecule has 7 nitrogen and oxygen atoms in total. The molecule has 1 atom stereocenters. The first-order valence-corrected chi connectivity index (χ1v) is 5.15. The van der Waals surface area contributed by atoms with E-state index in [1.54, 1.807) is 18.6 Å². The first kappa shape index (κ1) is 11.2. The zero-order valence-electron chi connectivity index (χ0n) is 9.27. The third kappa shape index (κ3) is 2.83. The summed E-state index contributed by atoms with van der Waals surface area (Å²) in [6, 6.07) is -0.760. The summed E-state index contributed by atoms with van der Waals surface area (Å²) in [6.07, 6.45) is 5.18. The lowest BCUT2D eigenvalue weighted by Crippen LogP contribution is -2.32. The Balaban J connectivity index is 2.05. The van der Waals surface area contributed by atoms with E-state index in [1.807, 2.05) is 6.92 Å². The summed E-state index contributed by atoms with van der Waals surface area (Å²) in [7, 11) is 0. The summed E-state index contributed by atoms with van der Waals surface area (Å²) in [4.78, 5) is 24.9. The predicted octanol–water partition coefficient (Wildman–Crippen LogP) is 0.549. The molecule has 2 rings (SSSR count). The number of carbonyl (C=O) groups is 1. The van der Waals surface area contributed by atoms with E-state index in [4.69, 9.17) is 5.11 Å². The van der Waals surface area contributed by atoms with Crippen LogP contribution in [0, 0.1) is 6.92 Å². The fourth-order valence-electron chi connectivity index (χ4n) is 1.49. The van der Waals surface area contributed by atoms with Crippen molar-refractivity contribution in [2.45, 2.75) is 19.4 Å². The highest BCUT2D eigenvalue weighted by atomic mass is 16.4. The molecule has 0 fully saturated rings. The van der Waals surface area contributed by atoms with E-state index in [9.17, 15) is 4.79 Å². The molecule has 0 aliphatic rings. The number of aromatic nitrogens is 4. The van der Waals surface area contributed by atoms with Gasteiger partial charge in [-0.15, -0.1) is 0 Å². The third-order valence-corrected chi connectivity index (χ3v) is 2.28. The van der Waals surface area contributed by atoms with Crippen molar-refractivity contribution in [3.63, 3.8) is 0 Å². The predicted molar refractivity (Wildman–Crippen MR) is 60.7 cm³/mol. The minimum Gasteiger partial charge on any atom is -0.480 e. The molecule has 90 valence electrons. The molecule has 0 radical (unpaired) electrons. The molecule has 4 N–H and O–H groups in total. The third-order valence-electron chi connectivity index (χ3n) is 2.28. The molecular weight excluding hydrogens is 222 g/mol. The Morgan fingerprint density at radius 2 is 2.41 bits per heavy atom. The number of aliphatic carboxylic acids is 1. The average molecular weight is 235 g/mol. The second kappa shape index (κ2) is 4.69. The largest absolute Gasteiger partial charge is 0.480 e. The number of H-pyrrole nitrogens is 2. The topological polar surface area (TPSA) is 107 Å². The normalized spacial score (nSPS) is 12.3. The van der Waals surface area contributed by atoms with Crippen molar-refractivity contribution in [1.29, 1.82) is 0 Å². The summed E-state index contributed by atoms with van der Waals surface area (Å²) >= 11 is 0. The second-order valence-corrected chi connectivity index (χ2v) is 3.65. The number of carboxylic acids is 1. The molecule has 2 aromatic heterocycles. The number of hydrogen-bond acceptors (Lipinski definition) is 4. The van der Waals surface area contributed by atoms with E-state index in [1.165, 1.54) is 0 Å². The Morgan fingerprint density at radius 1 is 1.59 bits per heavy atom. The van der Waals surface area contributed by atoms with Crippen molar-refractivity contribution in [1.82, 2.24) is 19.9 Å². The van der Waals surface area contributed by atoms with Crippen molar-refractivity contribution in [2.24, 2.45) is 0 Å². The molecule has 0 aromatic carbocycles. The van der Waals surface area contributed by atoms with Gasteiger partial charge in [-0.3, -0.25) is 0 Å². The first-order valence-electron chi connectivity index (χ1n) is 5.15. The molecular formula is C10H13N5O2. The lowest BCUT2D eigenvalue weighted by Gasteiger charge is -2.11. The maximum atomic E-state index is 11.1.